The van der Waals surface area contributed by atoms with E-state index in [1.165, 1.54) is 0 Å². The van der Waals surface area contributed by atoms with Gasteiger partial charge in [0, 0.05) is 39.1 Å². The normalized spacial score (nSPS) is 10.9. The third-order valence-corrected chi connectivity index (χ3v) is 2.20. The van der Waals surface area contributed by atoms with E-state index in [9.17, 15) is 4.79 Å². The molecule has 0 aliphatic rings. The zero-order valence-corrected chi connectivity index (χ0v) is 9.37. The molecule has 0 bridgehead atoms. The lowest BCUT2D eigenvalue weighted by molar-refractivity contribution is -0.138. The number of carbonyl (C=O) groups is 1. The molecular formula is C10H17N3O3. The maximum atomic E-state index is 10.6. The molecule has 0 aromatic carbocycles. The molecule has 1 rings (SSSR count). The first-order valence-corrected chi connectivity index (χ1v) is 5.11. The Balaban J connectivity index is 2.33. The third kappa shape index (κ3) is 4.90. The van der Waals surface area contributed by atoms with Crippen molar-refractivity contribution in [3.05, 3.63) is 18.7 Å². The topological polar surface area (TPSA) is 67.6 Å². The molecule has 6 nitrogen and oxygen atoms in total. The Morgan fingerprint density at radius 3 is 2.94 bits per heavy atom. The van der Waals surface area contributed by atoms with Gasteiger partial charge in [-0.3, -0.25) is 9.69 Å². The van der Waals surface area contributed by atoms with Gasteiger partial charge in [-0.1, -0.05) is 0 Å². The number of hydrogen-bond acceptors (Lipinski definition) is 4. The lowest BCUT2D eigenvalue weighted by Crippen LogP contribution is -2.35. The molecule has 0 fully saturated rings. The van der Waals surface area contributed by atoms with Crippen LogP contribution < -0.4 is 0 Å². The van der Waals surface area contributed by atoms with Gasteiger partial charge in [0.25, 0.3) is 0 Å². The molecule has 0 aliphatic heterocycles. The summed E-state index contributed by atoms with van der Waals surface area (Å²) in [6.07, 6.45) is 5.28. The summed E-state index contributed by atoms with van der Waals surface area (Å²) in [5, 5.41) is 8.74. The van der Waals surface area contributed by atoms with Crippen molar-refractivity contribution in [2.75, 3.05) is 33.4 Å². The molecule has 0 amide bonds. The summed E-state index contributed by atoms with van der Waals surface area (Å²) < 4.78 is 6.86. The summed E-state index contributed by atoms with van der Waals surface area (Å²) in [5.74, 6) is -0.818. The van der Waals surface area contributed by atoms with E-state index < -0.39 is 5.97 Å². The van der Waals surface area contributed by atoms with E-state index in [1.54, 1.807) is 19.6 Å². The van der Waals surface area contributed by atoms with Gasteiger partial charge in [0.15, 0.2) is 0 Å². The predicted octanol–water partition coefficient (Wildman–Crippen LogP) is -0.0839. The number of rotatable bonds is 8. The number of methoxy groups -OCH3 is 1. The highest BCUT2D eigenvalue weighted by atomic mass is 16.5. The van der Waals surface area contributed by atoms with Crippen molar-refractivity contribution in [2.24, 2.45) is 0 Å². The smallest absolute Gasteiger partial charge is 0.317 e. The summed E-state index contributed by atoms with van der Waals surface area (Å²) in [6.45, 7) is 2.61. The fourth-order valence-corrected chi connectivity index (χ4v) is 1.36. The van der Waals surface area contributed by atoms with Gasteiger partial charge in [0.1, 0.15) is 0 Å². The van der Waals surface area contributed by atoms with Gasteiger partial charge >= 0.3 is 5.97 Å². The number of ether oxygens (including phenoxy) is 1. The Labute approximate surface area is 94.5 Å². The van der Waals surface area contributed by atoms with Crippen molar-refractivity contribution in [1.29, 1.82) is 0 Å². The van der Waals surface area contributed by atoms with E-state index >= 15 is 0 Å². The molecule has 0 saturated carbocycles. The van der Waals surface area contributed by atoms with Crippen LogP contribution in [0.3, 0.4) is 0 Å². The number of aromatic nitrogens is 2. The van der Waals surface area contributed by atoms with Crippen LogP contribution in [0.5, 0.6) is 0 Å². The molecule has 0 saturated heterocycles. The predicted molar refractivity (Wildman–Crippen MR) is 58.2 cm³/mol. The molecule has 6 heteroatoms. The summed E-state index contributed by atoms with van der Waals surface area (Å²) in [5.41, 5.74) is 0. The van der Waals surface area contributed by atoms with E-state index in [2.05, 4.69) is 4.98 Å². The molecule has 90 valence electrons. The molecule has 1 aromatic heterocycles. The summed E-state index contributed by atoms with van der Waals surface area (Å²) >= 11 is 0. The van der Waals surface area contributed by atoms with Crippen molar-refractivity contribution in [3.8, 4) is 0 Å². The van der Waals surface area contributed by atoms with Crippen LogP contribution in [0.4, 0.5) is 0 Å². The molecule has 0 radical (unpaired) electrons. The second kappa shape index (κ2) is 6.97. The van der Waals surface area contributed by atoms with Gasteiger partial charge < -0.3 is 14.4 Å². The van der Waals surface area contributed by atoms with Crippen LogP contribution in [-0.4, -0.2) is 58.9 Å². The van der Waals surface area contributed by atoms with Gasteiger partial charge in [-0.15, -0.1) is 0 Å². The van der Waals surface area contributed by atoms with Gasteiger partial charge in [-0.05, 0) is 0 Å². The molecule has 1 N–H and O–H groups in total. The molecular weight excluding hydrogens is 210 g/mol. The van der Waals surface area contributed by atoms with Crippen LogP contribution in [0.1, 0.15) is 0 Å². The molecule has 1 heterocycles. The highest BCUT2D eigenvalue weighted by molar-refractivity contribution is 5.69. The molecule has 0 spiro atoms. The van der Waals surface area contributed by atoms with Crippen LogP contribution in [0.25, 0.3) is 0 Å². The van der Waals surface area contributed by atoms with E-state index in [0.29, 0.717) is 19.7 Å². The monoisotopic (exact) mass is 227 g/mol. The van der Waals surface area contributed by atoms with Crippen LogP contribution in [-0.2, 0) is 16.1 Å². The Hall–Kier alpha value is -1.40. The minimum absolute atomic E-state index is 0.0397. The second-order valence-corrected chi connectivity index (χ2v) is 3.46. The SMILES string of the molecule is COCCN(CCn1ccnc1)CC(=O)O. The Bertz CT molecular complexity index is 300. The van der Waals surface area contributed by atoms with Crippen molar-refractivity contribution in [2.45, 2.75) is 6.54 Å². The van der Waals surface area contributed by atoms with Gasteiger partial charge in [-0.25, -0.2) is 4.98 Å². The first-order valence-electron chi connectivity index (χ1n) is 5.11. The van der Waals surface area contributed by atoms with Crippen molar-refractivity contribution in [3.63, 3.8) is 0 Å². The minimum atomic E-state index is -0.818. The number of carboxylic acids is 1. The largest absolute Gasteiger partial charge is 0.480 e. The Morgan fingerprint density at radius 2 is 2.38 bits per heavy atom. The lowest BCUT2D eigenvalue weighted by Gasteiger charge is -2.19. The maximum Gasteiger partial charge on any atom is 0.317 e. The van der Waals surface area contributed by atoms with E-state index in [0.717, 1.165) is 6.54 Å². The maximum absolute atomic E-state index is 10.6. The van der Waals surface area contributed by atoms with E-state index in [1.807, 2.05) is 15.7 Å². The number of aliphatic carboxylic acids is 1. The summed E-state index contributed by atoms with van der Waals surface area (Å²) in [4.78, 5) is 16.4. The Kier molecular flexibility index (Phi) is 5.52. The fraction of sp³-hybridized carbons (Fsp3) is 0.600. The highest BCUT2D eigenvalue weighted by Crippen LogP contribution is 1.93. The standard InChI is InChI=1S/C10H17N3O3/c1-16-7-6-12(8-10(14)15)4-5-13-3-2-11-9-13/h2-3,9H,4-8H2,1H3,(H,14,15). The van der Waals surface area contributed by atoms with Crippen molar-refractivity contribution < 1.29 is 14.6 Å². The van der Waals surface area contributed by atoms with Gasteiger partial charge in [0.05, 0.1) is 19.5 Å². The quantitative estimate of drug-likeness (QED) is 0.672. The Morgan fingerprint density at radius 1 is 1.56 bits per heavy atom. The molecule has 16 heavy (non-hydrogen) atoms. The number of imidazole rings is 1. The minimum Gasteiger partial charge on any atom is -0.480 e. The van der Waals surface area contributed by atoms with Crippen molar-refractivity contribution >= 4 is 5.97 Å². The lowest BCUT2D eigenvalue weighted by atomic mass is 10.4. The zero-order valence-electron chi connectivity index (χ0n) is 9.37. The van der Waals surface area contributed by atoms with Gasteiger partial charge in [0.2, 0.25) is 0 Å². The molecule has 0 aliphatic carbocycles. The van der Waals surface area contributed by atoms with Crippen LogP contribution in [0.15, 0.2) is 18.7 Å². The van der Waals surface area contributed by atoms with Crippen LogP contribution >= 0.6 is 0 Å². The first-order chi connectivity index (χ1) is 7.72. The summed E-state index contributed by atoms with van der Waals surface area (Å²) in [7, 11) is 1.61. The van der Waals surface area contributed by atoms with Crippen molar-refractivity contribution in [1.82, 2.24) is 14.5 Å². The van der Waals surface area contributed by atoms with Crippen LogP contribution in [0, 0.1) is 0 Å². The summed E-state index contributed by atoms with van der Waals surface area (Å²) in [6, 6.07) is 0. The van der Waals surface area contributed by atoms with E-state index in [-0.39, 0.29) is 6.54 Å². The zero-order chi connectivity index (χ0) is 11.8. The molecule has 0 atom stereocenters. The average Bonchev–Trinajstić information content (AvgIpc) is 2.74. The second-order valence-electron chi connectivity index (χ2n) is 3.46. The third-order valence-electron chi connectivity index (χ3n) is 2.20. The number of hydrogen-bond donors (Lipinski definition) is 1. The number of nitrogens with zero attached hydrogens (tertiary/aromatic N) is 3. The van der Waals surface area contributed by atoms with E-state index in [4.69, 9.17) is 9.84 Å². The first kappa shape index (κ1) is 12.7. The average molecular weight is 227 g/mol. The van der Waals surface area contributed by atoms with Gasteiger partial charge in [-0.2, -0.15) is 0 Å². The van der Waals surface area contributed by atoms with Crippen LogP contribution in [0.2, 0.25) is 0 Å². The molecule has 0 unspecified atom stereocenters. The fourth-order valence-electron chi connectivity index (χ4n) is 1.36. The molecule has 1 aromatic rings. The number of carboxylic acid groups (broad SMARTS) is 1. The highest BCUT2D eigenvalue weighted by Gasteiger charge is 2.08.